The van der Waals surface area contributed by atoms with Gasteiger partial charge in [0.1, 0.15) is 0 Å². The van der Waals surface area contributed by atoms with Gasteiger partial charge in [0, 0.05) is 33.4 Å². The number of nitrogens with zero attached hydrogens (tertiary/aromatic N) is 2. The first-order valence-electron chi connectivity index (χ1n) is 6.48. The number of aryl methyl sites for hydroxylation is 1. The third-order valence-corrected chi connectivity index (χ3v) is 4.74. The third-order valence-electron chi connectivity index (χ3n) is 3.35. The lowest BCUT2D eigenvalue weighted by Crippen LogP contribution is -2.41. The van der Waals surface area contributed by atoms with E-state index >= 15 is 0 Å². The Hall–Kier alpha value is -1.42. The van der Waals surface area contributed by atoms with Crippen LogP contribution in [-0.4, -0.2) is 37.2 Å². The largest absolute Gasteiger partial charge is 0.330 e. The van der Waals surface area contributed by atoms with Crippen LogP contribution in [0.3, 0.4) is 0 Å². The first-order chi connectivity index (χ1) is 9.83. The maximum Gasteiger partial charge on any atom is 0.330 e. The van der Waals surface area contributed by atoms with Crippen LogP contribution in [0.25, 0.3) is 0 Å². The number of halogens is 1. The Morgan fingerprint density at radius 1 is 1.32 bits per heavy atom. The zero-order valence-corrected chi connectivity index (χ0v) is 14.0. The molecule has 2 heterocycles. The summed E-state index contributed by atoms with van der Waals surface area (Å²) in [6.45, 7) is 1.67. The van der Waals surface area contributed by atoms with E-state index in [0.717, 1.165) is 33.9 Å². The second-order valence-corrected chi connectivity index (χ2v) is 6.63. The van der Waals surface area contributed by atoms with Gasteiger partial charge in [-0.25, -0.2) is 17.9 Å². The molecule has 124 valence electrons. The molecule has 0 spiro atoms. The van der Waals surface area contributed by atoms with E-state index in [9.17, 15) is 18.0 Å². The highest BCUT2D eigenvalue weighted by atomic mass is 35.5. The molecular formula is C12H19ClN4O4S. The molecule has 1 aliphatic heterocycles. The first kappa shape index (κ1) is 18.6. The molecule has 0 aromatic carbocycles. The van der Waals surface area contributed by atoms with Gasteiger partial charge >= 0.3 is 5.69 Å². The van der Waals surface area contributed by atoms with Crippen LogP contribution in [0.5, 0.6) is 0 Å². The van der Waals surface area contributed by atoms with E-state index < -0.39 is 26.2 Å². The van der Waals surface area contributed by atoms with Gasteiger partial charge in [0.05, 0.1) is 0 Å². The molecular weight excluding hydrogens is 332 g/mol. The lowest BCUT2D eigenvalue weighted by molar-refractivity contribution is 0.571. The number of hydrogen-bond donors (Lipinski definition) is 2. The van der Waals surface area contributed by atoms with Gasteiger partial charge in [-0.15, -0.1) is 12.4 Å². The van der Waals surface area contributed by atoms with Crippen LogP contribution in [0.1, 0.15) is 6.42 Å². The molecule has 22 heavy (non-hydrogen) atoms. The number of aromatic nitrogens is 2. The van der Waals surface area contributed by atoms with Crippen molar-refractivity contribution in [1.29, 1.82) is 0 Å². The van der Waals surface area contributed by atoms with E-state index in [1.807, 2.05) is 6.08 Å². The van der Waals surface area contributed by atoms with Crippen LogP contribution in [-0.2, 0) is 24.1 Å². The van der Waals surface area contributed by atoms with Crippen molar-refractivity contribution in [3.05, 3.63) is 38.7 Å². The SMILES string of the molecule is Cl.Cn1cc(S(=O)(=O)NCC2=CCNCC2)c(=O)n(C)c1=O. The third kappa shape index (κ3) is 3.86. The Morgan fingerprint density at radius 2 is 2.00 bits per heavy atom. The average Bonchev–Trinajstić information content (AvgIpc) is 2.48. The van der Waals surface area contributed by atoms with E-state index in [1.165, 1.54) is 14.1 Å². The highest BCUT2D eigenvalue weighted by Gasteiger charge is 2.21. The van der Waals surface area contributed by atoms with E-state index in [2.05, 4.69) is 10.0 Å². The summed E-state index contributed by atoms with van der Waals surface area (Å²) in [5, 5.41) is 3.13. The van der Waals surface area contributed by atoms with E-state index in [1.54, 1.807) is 0 Å². The van der Waals surface area contributed by atoms with Gasteiger partial charge in [-0.2, -0.15) is 0 Å². The zero-order chi connectivity index (χ0) is 15.6. The molecule has 0 amide bonds. The standard InChI is InChI=1S/C12H18N4O4S.ClH/c1-15-8-10(11(17)16(2)12(15)18)21(19,20)14-7-9-3-5-13-6-4-9;/h3,8,13-14H,4-7H2,1-2H3;1H. The van der Waals surface area contributed by atoms with Crippen molar-refractivity contribution in [3.63, 3.8) is 0 Å². The topological polar surface area (TPSA) is 102 Å². The fourth-order valence-electron chi connectivity index (χ4n) is 2.06. The predicted molar refractivity (Wildman–Crippen MR) is 84.9 cm³/mol. The van der Waals surface area contributed by atoms with Crippen molar-refractivity contribution >= 4 is 22.4 Å². The highest BCUT2D eigenvalue weighted by molar-refractivity contribution is 7.89. The van der Waals surface area contributed by atoms with Crippen LogP contribution in [0.4, 0.5) is 0 Å². The van der Waals surface area contributed by atoms with Crippen LogP contribution < -0.4 is 21.3 Å². The molecule has 2 rings (SSSR count). The first-order valence-corrected chi connectivity index (χ1v) is 7.96. The van der Waals surface area contributed by atoms with Crippen LogP contribution in [0.15, 0.2) is 32.3 Å². The summed E-state index contributed by atoms with van der Waals surface area (Å²) in [6, 6.07) is 0. The summed E-state index contributed by atoms with van der Waals surface area (Å²) in [4.78, 5) is 23.1. The van der Waals surface area contributed by atoms with Gasteiger partial charge in [-0.3, -0.25) is 9.36 Å². The van der Waals surface area contributed by atoms with E-state index in [4.69, 9.17) is 0 Å². The molecule has 1 aromatic heterocycles. The second kappa shape index (κ2) is 7.23. The molecule has 1 aliphatic rings. The van der Waals surface area contributed by atoms with Gasteiger partial charge in [0.25, 0.3) is 5.56 Å². The number of hydrogen-bond acceptors (Lipinski definition) is 5. The maximum atomic E-state index is 12.2. The Balaban J connectivity index is 0.00000242. The fraction of sp³-hybridized carbons (Fsp3) is 0.500. The molecule has 0 saturated heterocycles. The number of sulfonamides is 1. The van der Waals surface area contributed by atoms with Crippen molar-refractivity contribution in [2.45, 2.75) is 11.3 Å². The summed E-state index contributed by atoms with van der Waals surface area (Å²) < 4.78 is 28.7. The van der Waals surface area contributed by atoms with Gasteiger partial charge in [-0.05, 0) is 13.0 Å². The molecule has 0 bridgehead atoms. The maximum absolute atomic E-state index is 12.2. The molecule has 2 N–H and O–H groups in total. The Bertz CT molecular complexity index is 794. The molecule has 0 saturated carbocycles. The minimum atomic E-state index is -3.96. The summed E-state index contributed by atoms with van der Waals surface area (Å²) in [6.07, 6.45) is 3.72. The molecule has 0 aliphatic carbocycles. The Labute approximate surface area is 134 Å². The minimum Gasteiger partial charge on any atom is -0.313 e. The number of nitrogens with one attached hydrogen (secondary N) is 2. The molecule has 0 unspecified atom stereocenters. The average molecular weight is 351 g/mol. The number of rotatable bonds is 4. The monoisotopic (exact) mass is 350 g/mol. The molecule has 0 radical (unpaired) electrons. The fourth-order valence-corrected chi connectivity index (χ4v) is 3.25. The molecule has 0 fully saturated rings. The minimum absolute atomic E-state index is 0. The Kier molecular flexibility index (Phi) is 6.12. The Morgan fingerprint density at radius 3 is 2.59 bits per heavy atom. The van der Waals surface area contributed by atoms with Crippen molar-refractivity contribution in [2.24, 2.45) is 14.1 Å². The van der Waals surface area contributed by atoms with Crippen molar-refractivity contribution < 1.29 is 8.42 Å². The van der Waals surface area contributed by atoms with Crippen LogP contribution >= 0.6 is 12.4 Å². The summed E-state index contributed by atoms with van der Waals surface area (Å²) >= 11 is 0. The molecule has 0 atom stereocenters. The van der Waals surface area contributed by atoms with Crippen molar-refractivity contribution in [1.82, 2.24) is 19.2 Å². The quantitative estimate of drug-likeness (QED) is 0.657. The second-order valence-electron chi connectivity index (χ2n) is 4.89. The van der Waals surface area contributed by atoms with Gasteiger partial charge < -0.3 is 9.88 Å². The predicted octanol–water partition coefficient (Wildman–Crippen LogP) is -1.30. The lowest BCUT2D eigenvalue weighted by atomic mass is 10.1. The lowest BCUT2D eigenvalue weighted by Gasteiger charge is -2.15. The summed E-state index contributed by atoms with van der Waals surface area (Å²) in [7, 11) is -1.31. The molecule has 1 aromatic rings. The van der Waals surface area contributed by atoms with Crippen LogP contribution in [0, 0.1) is 0 Å². The normalized spacial score (nSPS) is 15.1. The van der Waals surface area contributed by atoms with Crippen LogP contribution in [0.2, 0.25) is 0 Å². The van der Waals surface area contributed by atoms with Crippen molar-refractivity contribution in [3.8, 4) is 0 Å². The van der Waals surface area contributed by atoms with Crippen molar-refractivity contribution in [2.75, 3.05) is 19.6 Å². The van der Waals surface area contributed by atoms with E-state index in [-0.39, 0.29) is 19.0 Å². The van der Waals surface area contributed by atoms with Gasteiger partial charge in [0.15, 0.2) is 4.90 Å². The van der Waals surface area contributed by atoms with E-state index in [0.29, 0.717) is 6.54 Å². The smallest absolute Gasteiger partial charge is 0.313 e. The molecule has 8 nitrogen and oxygen atoms in total. The van der Waals surface area contributed by atoms with Gasteiger partial charge in [-0.1, -0.05) is 11.6 Å². The molecule has 10 heteroatoms. The van der Waals surface area contributed by atoms with Gasteiger partial charge in [0.2, 0.25) is 10.0 Å². The highest BCUT2D eigenvalue weighted by Crippen LogP contribution is 2.05. The summed E-state index contributed by atoms with van der Waals surface area (Å²) in [5.74, 6) is 0. The summed E-state index contributed by atoms with van der Waals surface area (Å²) in [5.41, 5.74) is -0.427. The zero-order valence-electron chi connectivity index (χ0n) is 12.3.